The van der Waals surface area contributed by atoms with Crippen molar-refractivity contribution in [2.45, 2.75) is 32.4 Å². The normalized spacial score (nSPS) is 15.4. The average Bonchev–Trinajstić information content (AvgIpc) is 2.78. The van der Waals surface area contributed by atoms with Gasteiger partial charge >= 0.3 is 0 Å². The van der Waals surface area contributed by atoms with Crippen LogP contribution in [0.1, 0.15) is 46.9 Å². The Morgan fingerprint density at radius 2 is 1.73 bits per heavy atom. The van der Waals surface area contributed by atoms with Gasteiger partial charge in [-0.05, 0) is 79.1 Å². The van der Waals surface area contributed by atoms with Crippen molar-refractivity contribution in [3.05, 3.63) is 87.9 Å². The number of carbonyl (C=O) groups is 2. The molecule has 33 heavy (non-hydrogen) atoms. The van der Waals surface area contributed by atoms with Crippen LogP contribution in [0.25, 0.3) is 0 Å². The van der Waals surface area contributed by atoms with Crippen LogP contribution in [-0.4, -0.2) is 25.0 Å². The van der Waals surface area contributed by atoms with Crippen molar-refractivity contribution in [3.63, 3.8) is 0 Å². The van der Waals surface area contributed by atoms with Gasteiger partial charge in [-0.15, -0.1) is 0 Å². The maximum atomic E-state index is 13.4. The van der Waals surface area contributed by atoms with E-state index in [0.717, 1.165) is 16.7 Å². The summed E-state index contributed by atoms with van der Waals surface area (Å²) in [5.74, 6) is 0.607. The van der Waals surface area contributed by atoms with E-state index in [1.807, 2.05) is 38.1 Å². The number of fused-ring (bicyclic) bond motifs is 1. The second-order valence-electron chi connectivity index (χ2n) is 8.17. The highest BCUT2D eigenvalue weighted by Gasteiger charge is 2.36. The summed E-state index contributed by atoms with van der Waals surface area (Å²) in [7, 11) is 1.59. The van der Waals surface area contributed by atoms with Crippen LogP contribution >= 0.6 is 11.6 Å². The topological polar surface area (TPSA) is 81.9 Å². The minimum Gasteiger partial charge on any atom is -0.493 e. The molecule has 0 aliphatic carbocycles. The molecule has 1 heterocycles. The smallest absolute Gasteiger partial charge is 0.248 e. The number of nitrogens with zero attached hydrogens (tertiary/aromatic N) is 1. The van der Waals surface area contributed by atoms with Crippen molar-refractivity contribution in [1.29, 1.82) is 0 Å². The molecule has 1 aliphatic heterocycles. The van der Waals surface area contributed by atoms with Crippen LogP contribution in [0.2, 0.25) is 5.02 Å². The lowest BCUT2D eigenvalue weighted by Gasteiger charge is -2.38. The molecule has 0 unspecified atom stereocenters. The molecule has 1 aliphatic rings. The number of hydrogen-bond acceptors (Lipinski definition) is 4. The minimum absolute atomic E-state index is 0.0476. The van der Waals surface area contributed by atoms with Gasteiger partial charge in [-0.2, -0.15) is 0 Å². The quantitative estimate of drug-likeness (QED) is 0.561. The molecule has 6 nitrogen and oxygen atoms in total. The molecule has 1 atom stereocenters. The molecule has 3 aromatic carbocycles. The first kappa shape index (κ1) is 22.7. The number of primary amides is 1. The van der Waals surface area contributed by atoms with Gasteiger partial charge in [0.1, 0.15) is 0 Å². The molecule has 7 heteroatoms. The van der Waals surface area contributed by atoms with Crippen molar-refractivity contribution in [2.75, 3.05) is 12.0 Å². The highest BCUT2D eigenvalue weighted by Crippen LogP contribution is 2.43. The molecular formula is C26H25ClN2O4. The second-order valence-corrected chi connectivity index (χ2v) is 8.61. The molecule has 2 N–H and O–H groups in total. The van der Waals surface area contributed by atoms with E-state index < -0.39 is 11.9 Å². The molecular weight excluding hydrogens is 440 g/mol. The number of rotatable bonds is 6. The van der Waals surface area contributed by atoms with Crippen LogP contribution in [-0.2, 0) is 11.2 Å². The summed E-state index contributed by atoms with van der Waals surface area (Å²) in [5, 5.41) is 0.608. The number of amides is 2. The van der Waals surface area contributed by atoms with E-state index in [4.69, 9.17) is 26.8 Å². The predicted octanol–water partition coefficient (Wildman–Crippen LogP) is 4.91. The van der Waals surface area contributed by atoms with Crippen LogP contribution < -0.4 is 20.1 Å². The number of benzene rings is 3. The van der Waals surface area contributed by atoms with Gasteiger partial charge in [-0.1, -0.05) is 23.7 Å². The largest absolute Gasteiger partial charge is 0.493 e. The Hall–Kier alpha value is -3.51. The molecule has 0 bridgehead atoms. The van der Waals surface area contributed by atoms with Gasteiger partial charge in [0.2, 0.25) is 11.8 Å². The lowest BCUT2D eigenvalue weighted by atomic mass is 9.86. The van der Waals surface area contributed by atoms with Gasteiger partial charge in [-0.25, -0.2) is 0 Å². The molecule has 0 aromatic heterocycles. The van der Waals surface area contributed by atoms with E-state index >= 15 is 0 Å². The standard InChI is InChI=1S/C26H25ClN2O4/c1-15(2)33-23-14-21-18(12-22(23)32-3)13-24(30)29(20-10-6-17(7-11-20)26(28)31)25(21)16-4-8-19(27)9-5-16/h4-12,14-15,25H,13H2,1-3H3,(H2,28,31)/t25-/m0/s1. The first-order valence-corrected chi connectivity index (χ1v) is 11.0. The van der Waals surface area contributed by atoms with Crippen molar-refractivity contribution in [1.82, 2.24) is 0 Å². The second kappa shape index (κ2) is 9.16. The Kier molecular flexibility index (Phi) is 6.29. The summed E-state index contributed by atoms with van der Waals surface area (Å²) in [6, 6.07) is 17.6. The summed E-state index contributed by atoms with van der Waals surface area (Å²) in [6.07, 6.45) is 0.156. The third-order valence-corrected chi connectivity index (χ3v) is 5.82. The fourth-order valence-corrected chi connectivity index (χ4v) is 4.24. The lowest BCUT2D eigenvalue weighted by Crippen LogP contribution is -2.41. The Balaban J connectivity index is 1.90. The number of methoxy groups -OCH3 is 1. The van der Waals surface area contributed by atoms with E-state index in [-0.39, 0.29) is 18.4 Å². The van der Waals surface area contributed by atoms with Gasteiger partial charge < -0.3 is 20.1 Å². The van der Waals surface area contributed by atoms with Crippen LogP contribution in [0, 0.1) is 0 Å². The number of nitrogens with two attached hydrogens (primary N) is 1. The lowest BCUT2D eigenvalue weighted by molar-refractivity contribution is -0.118. The Labute approximate surface area is 197 Å². The first-order chi connectivity index (χ1) is 15.8. The van der Waals surface area contributed by atoms with E-state index in [0.29, 0.717) is 27.8 Å². The zero-order valence-electron chi connectivity index (χ0n) is 18.7. The zero-order valence-corrected chi connectivity index (χ0v) is 19.4. The molecule has 170 valence electrons. The maximum absolute atomic E-state index is 13.4. The Bertz CT molecular complexity index is 1190. The van der Waals surface area contributed by atoms with Crippen molar-refractivity contribution < 1.29 is 19.1 Å². The third-order valence-electron chi connectivity index (χ3n) is 5.57. The van der Waals surface area contributed by atoms with Crippen LogP contribution in [0.15, 0.2) is 60.7 Å². The van der Waals surface area contributed by atoms with Gasteiger partial charge in [0, 0.05) is 16.3 Å². The summed E-state index contributed by atoms with van der Waals surface area (Å²) in [6.45, 7) is 3.90. The van der Waals surface area contributed by atoms with Gasteiger partial charge in [-0.3, -0.25) is 9.59 Å². The third kappa shape index (κ3) is 4.52. The molecule has 4 rings (SSSR count). The maximum Gasteiger partial charge on any atom is 0.248 e. The van der Waals surface area contributed by atoms with Gasteiger partial charge in [0.05, 0.1) is 25.7 Å². The van der Waals surface area contributed by atoms with Gasteiger partial charge in [0.15, 0.2) is 11.5 Å². The number of hydrogen-bond donors (Lipinski definition) is 1. The van der Waals surface area contributed by atoms with Crippen molar-refractivity contribution in [3.8, 4) is 11.5 Å². The van der Waals surface area contributed by atoms with Crippen LogP contribution in [0.4, 0.5) is 5.69 Å². The summed E-state index contributed by atoms with van der Waals surface area (Å²) >= 11 is 6.14. The number of ether oxygens (including phenoxy) is 2. The number of halogens is 1. The highest BCUT2D eigenvalue weighted by atomic mass is 35.5. The monoisotopic (exact) mass is 464 g/mol. The van der Waals surface area contributed by atoms with E-state index in [9.17, 15) is 9.59 Å². The number of carbonyl (C=O) groups excluding carboxylic acids is 2. The fraction of sp³-hybridized carbons (Fsp3) is 0.231. The van der Waals surface area contributed by atoms with E-state index in [2.05, 4.69) is 0 Å². The van der Waals surface area contributed by atoms with Crippen molar-refractivity contribution >= 4 is 29.1 Å². The predicted molar refractivity (Wildman–Crippen MR) is 128 cm³/mol. The molecule has 0 radical (unpaired) electrons. The summed E-state index contributed by atoms with van der Waals surface area (Å²) in [4.78, 5) is 26.7. The molecule has 3 aromatic rings. The number of anilines is 1. The highest BCUT2D eigenvalue weighted by molar-refractivity contribution is 6.30. The molecule has 0 saturated heterocycles. The fourth-order valence-electron chi connectivity index (χ4n) is 4.12. The van der Waals surface area contributed by atoms with E-state index in [1.54, 1.807) is 48.4 Å². The molecule has 0 spiro atoms. The molecule has 0 fully saturated rings. The average molecular weight is 465 g/mol. The first-order valence-electron chi connectivity index (χ1n) is 10.6. The zero-order chi connectivity index (χ0) is 23.7. The Morgan fingerprint density at radius 1 is 1.06 bits per heavy atom. The van der Waals surface area contributed by atoms with E-state index in [1.165, 1.54) is 0 Å². The van der Waals surface area contributed by atoms with Crippen LogP contribution in [0.5, 0.6) is 11.5 Å². The van der Waals surface area contributed by atoms with Gasteiger partial charge in [0.25, 0.3) is 0 Å². The summed E-state index contributed by atoms with van der Waals surface area (Å²) in [5.41, 5.74) is 9.14. The van der Waals surface area contributed by atoms with Crippen LogP contribution in [0.3, 0.4) is 0 Å². The summed E-state index contributed by atoms with van der Waals surface area (Å²) < 4.78 is 11.6. The molecule has 2 amide bonds. The Morgan fingerprint density at radius 3 is 2.30 bits per heavy atom. The van der Waals surface area contributed by atoms with Crippen molar-refractivity contribution in [2.24, 2.45) is 5.73 Å². The minimum atomic E-state index is -0.520. The SMILES string of the molecule is COc1cc2c(cc1OC(C)C)[C@H](c1ccc(Cl)cc1)N(c1ccc(C(N)=O)cc1)C(=O)C2. The molecule has 0 saturated carbocycles.